The van der Waals surface area contributed by atoms with Crippen molar-refractivity contribution >= 4 is 35.9 Å². The highest BCUT2D eigenvalue weighted by Gasteiger charge is 2.73. The number of aliphatic hydroxyl groups is 3. The number of rotatable bonds is 22. The molecule has 396 valence electrons. The van der Waals surface area contributed by atoms with Gasteiger partial charge < -0.3 is 59.1 Å². The van der Waals surface area contributed by atoms with E-state index in [4.69, 9.17) is 33.2 Å². The average molecular weight is 1020 g/mol. The summed E-state index contributed by atoms with van der Waals surface area (Å²) in [6.45, 7) is 18.3. The van der Waals surface area contributed by atoms with E-state index in [0.717, 1.165) is 6.92 Å². The summed E-state index contributed by atoms with van der Waals surface area (Å²) >= 11 is 0. The monoisotopic (exact) mass is 1010 g/mol. The summed E-state index contributed by atoms with van der Waals surface area (Å²) < 4.78 is 41.8. The van der Waals surface area contributed by atoms with Gasteiger partial charge in [-0.25, -0.2) is 14.4 Å². The number of amides is 2. The van der Waals surface area contributed by atoms with Crippen LogP contribution < -0.4 is 10.6 Å². The van der Waals surface area contributed by atoms with Crippen LogP contribution in [0, 0.1) is 16.7 Å². The lowest BCUT2D eigenvalue weighted by molar-refractivity contribution is -0.238. The number of carbonyl (C=O) groups excluding carboxylic acids is 6. The summed E-state index contributed by atoms with van der Waals surface area (Å²) in [5, 5.41) is 41.8. The maximum absolute atomic E-state index is 14.5. The van der Waals surface area contributed by atoms with Gasteiger partial charge in [-0.2, -0.15) is 0 Å². The Hall–Kier alpha value is -6.60. The van der Waals surface area contributed by atoms with Crippen molar-refractivity contribution in [2.24, 2.45) is 16.7 Å². The largest absolute Gasteiger partial charge is 0.487 e. The number of carbonyl (C=O) groups is 6. The molecule has 3 aromatic carbocycles. The number of epoxide rings is 1. The molecule has 3 aromatic rings. The molecule has 1 heterocycles. The zero-order chi connectivity index (χ0) is 54.1. The number of hydrogen-bond acceptors (Lipinski definition) is 16. The van der Waals surface area contributed by atoms with E-state index in [2.05, 4.69) is 17.2 Å². The van der Waals surface area contributed by atoms with Crippen LogP contribution >= 0.6 is 0 Å². The molecule has 5 rings (SSSR count). The zero-order valence-corrected chi connectivity index (χ0v) is 43.2. The minimum atomic E-state index is -2.36. The van der Waals surface area contributed by atoms with Crippen molar-refractivity contribution in [1.82, 2.24) is 10.6 Å². The number of nitrogens with one attached hydrogen (secondary N) is 2. The second-order valence-corrected chi connectivity index (χ2v) is 20.3. The maximum Gasteiger partial charge on any atom is 0.408 e. The molecule has 0 radical (unpaired) electrons. The summed E-state index contributed by atoms with van der Waals surface area (Å²) in [6, 6.07) is 23.8. The van der Waals surface area contributed by atoms with Crippen molar-refractivity contribution in [2.75, 3.05) is 13.2 Å². The van der Waals surface area contributed by atoms with E-state index in [-0.39, 0.29) is 31.0 Å². The molecule has 0 unspecified atom stereocenters. The van der Waals surface area contributed by atoms with Crippen LogP contribution in [0.4, 0.5) is 9.59 Å². The van der Waals surface area contributed by atoms with Gasteiger partial charge in [0.2, 0.25) is 5.79 Å². The van der Waals surface area contributed by atoms with Gasteiger partial charge in [-0.05, 0) is 76.8 Å². The third kappa shape index (κ3) is 13.9. The Kier molecular flexibility index (Phi) is 18.5. The number of ketones is 1. The number of ether oxygens (including phenoxy) is 7. The molecule has 1 fully saturated rings. The molecule has 1 saturated heterocycles. The van der Waals surface area contributed by atoms with Crippen molar-refractivity contribution < 1.29 is 77.2 Å². The summed E-state index contributed by atoms with van der Waals surface area (Å²) in [7, 11) is 0. The topological polar surface area (TPSA) is 255 Å². The van der Waals surface area contributed by atoms with E-state index in [0.29, 0.717) is 16.7 Å². The molecule has 0 saturated carbocycles. The van der Waals surface area contributed by atoms with Gasteiger partial charge >= 0.3 is 30.1 Å². The van der Waals surface area contributed by atoms with Gasteiger partial charge in [0.1, 0.15) is 61.1 Å². The molecular weight excluding hydrogens is 945 g/mol. The van der Waals surface area contributed by atoms with E-state index in [1.54, 1.807) is 127 Å². The summed E-state index contributed by atoms with van der Waals surface area (Å²) in [6.07, 6.45) is -8.77. The number of benzene rings is 3. The van der Waals surface area contributed by atoms with Crippen LogP contribution in [0.5, 0.6) is 0 Å². The van der Waals surface area contributed by atoms with Crippen LogP contribution in [0.1, 0.15) is 110 Å². The molecule has 10 atom stereocenters. The number of esters is 3. The lowest BCUT2D eigenvalue weighted by atomic mass is 9.55. The zero-order valence-electron chi connectivity index (χ0n) is 43.2. The standard InChI is InChI=1S/C55H70N2O16/c1-12-41(60)53(11,46(62)34(3)58)45(55(32-68-55)72-36(5)59)47(71-48(63)39-26-20-15-21-27-39)54(66)29-40(33(2)28-52(54,9)10)69-35(4)44(43(38-24-18-14-19-25-38)57-50(65)73-51(6,7)8)70-42(61)30-56-49(64)67-31-37-22-16-13-17-23-37/h13-28,34,40-41,43-45,47,58,60,66H,4,12,29-32H2,1-3,5-11H3,(H,56,64)(H,57,65)/t34-,40+,41+,43+,44+,45+,47+,53-,54-,55-/m1/s1. The van der Waals surface area contributed by atoms with Crippen molar-refractivity contribution in [3.63, 3.8) is 0 Å². The molecule has 2 amide bonds. The van der Waals surface area contributed by atoms with Crippen LogP contribution in [0.25, 0.3) is 0 Å². The first-order chi connectivity index (χ1) is 34.2. The highest BCUT2D eigenvalue weighted by atomic mass is 16.8. The van der Waals surface area contributed by atoms with Crippen molar-refractivity contribution in [1.29, 1.82) is 0 Å². The molecule has 1 aliphatic heterocycles. The molecule has 0 spiro atoms. The second kappa shape index (κ2) is 23.5. The minimum Gasteiger partial charge on any atom is -0.487 e. The van der Waals surface area contributed by atoms with Gasteiger partial charge in [0.15, 0.2) is 11.9 Å². The lowest BCUT2D eigenvalue weighted by Crippen LogP contribution is -2.68. The number of Topliss-reactive ketones (excluding diaryl/α,β-unsaturated/α-hetero) is 1. The maximum atomic E-state index is 14.5. The van der Waals surface area contributed by atoms with Gasteiger partial charge in [-0.3, -0.25) is 14.4 Å². The van der Waals surface area contributed by atoms with Crippen LogP contribution in [0.2, 0.25) is 0 Å². The van der Waals surface area contributed by atoms with Gasteiger partial charge in [0.25, 0.3) is 0 Å². The van der Waals surface area contributed by atoms with Crippen LogP contribution in [0.15, 0.2) is 115 Å². The van der Waals surface area contributed by atoms with Crippen LogP contribution in [0.3, 0.4) is 0 Å². The minimum absolute atomic E-state index is 0.0438. The van der Waals surface area contributed by atoms with Crippen LogP contribution in [-0.2, 0) is 54.1 Å². The summed E-state index contributed by atoms with van der Waals surface area (Å²) in [5.41, 5.74) is -5.24. The number of alkyl carbamates (subject to hydrolysis) is 2. The summed E-state index contributed by atoms with van der Waals surface area (Å²) in [5.74, 6) is -7.81. The molecule has 73 heavy (non-hydrogen) atoms. The van der Waals surface area contributed by atoms with E-state index in [1.165, 1.54) is 26.0 Å². The smallest absolute Gasteiger partial charge is 0.408 e. The summed E-state index contributed by atoms with van der Waals surface area (Å²) in [4.78, 5) is 82.0. The Bertz CT molecular complexity index is 2470. The Balaban J connectivity index is 1.62. The predicted octanol–water partition coefficient (Wildman–Crippen LogP) is 6.96. The van der Waals surface area contributed by atoms with Crippen molar-refractivity contribution in [3.8, 4) is 0 Å². The quantitative estimate of drug-likeness (QED) is 0.0224. The van der Waals surface area contributed by atoms with Gasteiger partial charge in [0, 0.05) is 18.8 Å². The molecule has 18 nitrogen and oxygen atoms in total. The van der Waals surface area contributed by atoms with Crippen molar-refractivity contribution in [2.45, 2.75) is 142 Å². The molecule has 0 bridgehead atoms. The molecule has 1 aliphatic carbocycles. The normalized spacial score (nSPS) is 22.4. The second-order valence-electron chi connectivity index (χ2n) is 20.3. The Morgan fingerprint density at radius 1 is 0.877 bits per heavy atom. The van der Waals surface area contributed by atoms with Gasteiger partial charge in [-0.1, -0.05) is 112 Å². The van der Waals surface area contributed by atoms with Crippen molar-refractivity contribution in [3.05, 3.63) is 132 Å². The van der Waals surface area contributed by atoms with Gasteiger partial charge in [-0.15, -0.1) is 0 Å². The third-order valence-electron chi connectivity index (χ3n) is 13.2. The Labute approximate surface area is 426 Å². The first-order valence-corrected chi connectivity index (χ1v) is 24.1. The fourth-order valence-electron chi connectivity index (χ4n) is 9.43. The molecule has 5 N–H and O–H groups in total. The van der Waals surface area contributed by atoms with Crippen LogP contribution in [-0.4, -0.2) is 112 Å². The van der Waals surface area contributed by atoms with E-state index >= 15 is 0 Å². The molecule has 2 aliphatic rings. The fraction of sp³-hybridized carbons (Fsp3) is 0.491. The van der Waals surface area contributed by atoms with E-state index in [9.17, 15) is 44.1 Å². The number of aliphatic hydroxyl groups excluding tert-OH is 2. The van der Waals surface area contributed by atoms with Gasteiger partial charge in [0.05, 0.1) is 23.0 Å². The predicted molar refractivity (Wildman–Crippen MR) is 265 cm³/mol. The SMILES string of the molecule is C=C(O[C@H]1C[C@@](O)([C@@H](OC(=O)c2ccccc2)[C@H]([C@]2(OC(C)=O)CO2)[C@](C)(C(=O)[C@@H](C)O)[C@@H](O)CC)C(C)(C)C=C1C)[C@H](OC(=O)CNC(=O)OCc1ccccc1)[C@@H](NC(=O)OC(C)(C)C)c1ccccc1. The van der Waals surface area contributed by atoms with E-state index in [1.807, 2.05) is 6.07 Å². The number of hydrogen-bond donors (Lipinski definition) is 5. The van der Waals surface area contributed by atoms with E-state index < -0.39 is 119 Å². The fourth-order valence-corrected chi connectivity index (χ4v) is 9.43. The molecule has 18 heteroatoms. The molecular formula is C55H70N2O16. The Morgan fingerprint density at radius 3 is 1.99 bits per heavy atom. The first-order valence-electron chi connectivity index (χ1n) is 24.1. The molecule has 0 aromatic heterocycles. The highest BCUT2D eigenvalue weighted by molar-refractivity contribution is 5.91. The third-order valence-corrected chi connectivity index (χ3v) is 13.2. The first kappa shape index (κ1) is 57.3. The highest BCUT2D eigenvalue weighted by Crippen LogP contribution is 2.58. The Morgan fingerprint density at radius 2 is 1.45 bits per heavy atom. The average Bonchev–Trinajstić information content (AvgIpc) is 4.10. The lowest BCUT2D eigenvalue weighted by Gasteiger charge is -2.55.